The molecule has 2 aromatic heterocycles. The number of H-pyrrole nitrogens is 1. The number of carbonyl (C=O) groups is 2. The molecular formula is C29H31BrF3N5O4. The molecule has 4 aromatic rings. The van der Waals surface area contributed by atoms with Crippen LogP contribution in [0.15, 0.2) is 46.9 Å². The molecule has 0 atom stereocenters. The lowest BCUT2D eigenvalue weighted by atomic mass is 10.1. The predicted octanol–water partition coefficient (Wildman–Crippen LogP) is 6.17. The molecule has 9 nitrogen and oxygen atoms in total. The smallest absolute Gasteiger partial charge is 0.475 e. The zero-order valence-corrected chi connectivity index (χ0v) is 24.5. The van der Waals surface area contributed by atoms with E-state index in [9.17, 15) is 18.0 Å². The molecule has 1 aliphatic heterocycles. The number of aliphatic carboxylic acids is 1. The number of esters is 1. The van der Waals surface area contributed by atoms with Gasteiger partial charge in [0.05, 0.1) is 18.1 Å². The Hall–Kier alpha value is -3.71. The van der Waals surface area contributed by atoms with Crippen molar-refractivity contribution in [1.82, 2.24) is 19.9 Å². The van der Waals surface area contributed by atoms with Crippen molar-refractivity contribution in [3.8, 4) is 0 Å². The molecule has 0 radical (unpaired) electrons. The second-order valence-electron chi connectivity index (χ2n) is 9.88. The highest BCUT2D eigenvalue weighted by Crippen LogP contribution is 2.31. The minimum Gasteiger partial charge on any atom is -0.475 e. The molecule has 42 heavy (non-hydrogen) atoms. The first-order valence-corrected chi connectivity index (χ1v) is 14.3. The Balaban J connectivity index is 0.000000517. The first-order valence-electron chi connectivity index (χ1n) is 13.5. The maximum absolute atomic E-state index is 12.0. The van der Waals surface area contributed by atoms with Gasteiger partial charge >= 0.3 is 18.1 Å². The summed E-state index contributed by atoms with van der Waals surface area (Å²) in [7, 11) is 1.39. The number of carboxylic acids is 1. The fraction of sp³-hybridized carbons (Fsp3) is 0.379. The molecule has 0 saturated carbocycles. The number of nitrogens with zero attached hydrogens (tertiary/aromatic N) is 3. The molecule has 0 amide bonds. The number of aromatic nitrogens is 3. The molecule has 0 aliphatic carbocycles. The van der Waals surface area contributed by atoms with Crippen molar-refractivity contribution in [2.24, 2.45) is 0 Å². The lowest BCUT2D eigenvalue weighted by Gasteiger charge is -2.26. The summed E-state index contributed by atoms with van der Waals surface area (Å²) in [6.45, 7) is 4.35. The number of halogens is 4. The van der Waals surface area contributed by atoms with Crippen LogP contribution in [-0.2, 0) is 16.0 Å². The highest BCUT2D eigenvalue weighted by Gasteiger charge is 2.38. The van der Waals surface area contributed by atoms with Crippen LogP contribution in [0, 0.1) is 0 Å². The molecule has 224 valence electrons. The molecule has 13 heteroatoms. The van der Waals surface area contributed by atoms with Crippen molar-refractivity contribution < 1.29 is 32.6 Å². The summed E-state index contributed by atoms with van der Waals surface area (Å²) in [5, 5.41) is 12.7. The van der Waals surface area contributed by atoms with Gasteiger partial charge < -0.3 is 25.0 Å². The van der Waals surface area contributed by atoms with Crippen molar-refractivity contribution in [3.05, 3.63) is 63.9 Å². The summed E-state index contributed by atoms with van der Waals surface area (Å²) in [5.74, 6) is -1.54. The first-order chi connectivity index (χ1) is 20.0. The van der Waals surface area contributed by atoms with E-state index >= 15 is 0 Å². The molecule has 1 aliphatic rings. The van der Waals surface area contributed by atoms with E-state index in [2.05, 4.69) is 43.3 Å². The number of methoxy groups -OCH3 is 1. The third kappa shape index (κ3) is 8.19. The molecule has 0 unspecified atom stereocenters. The van der Waals surface area contributed by atoms with E-state index in [1.54, 1.807) is 6.07 Å². The van der Waals surface area contributed by atoms with Gasteiger partial charge in [0.15, 0.2) is 0 Å². The van der Waals surface area contributed by atoms with E-state index in [0.29, 0.717) is 12.0 Å². The van der Waals surface area contributed by atoms with Gasteiger partial charge in [-0.2, -0.15) is 13.2 Å². The van der Waals surface area contributed by atoms with E-state index in [0.717, 1.165) is 63.1 Å². The lowest BCUT2D eigenvalue weighted by Crippen LogP contribution is -2.31. The summed E-state index contributed by atoms with van der Waals surface area (Å²) in [6, 6.07) is 13.8. The summed E-state index contributed by atoms with van der Waals surface area (Å²) in [5.41, 5.74) is 3.25. The molecular weight excluding hydrogens is 619 g/mol. The number of fused-ring (bicyclic) bond motifs is 3. The number of carboxylic acid groups (broad SMARTS) is 1. The Bertz CT molecular complexity index is 1550. The average Bonchev–Trinajstić information content (AvgIpc) is 3.33. The van der Waals surface area contributed by atoms with Crippen LogP contribution in [0.3, 0.4) is 0 Å². The number of benzene rings is 2. The Kier molecular flexibility index (Phi) is 10.4. The van der Waals surface area contributed by atoms with Gasteiger partial charge in [-0.25, -0.2) is 19.6 Å². The van der Waals surface area contributed by atoms with Crippen molar-refractivity contribution >= 4 is 55.6 Å². The first kappa shape index (κ1) is 31.2. The Labute approximate surface area is 248 Å². The summed E-state index contributed by atoms with van der Waals surface area (Å²) in [6.07, 6.45) is 0.568. The van der Waals surface area contributed by atoms with Gasteiger partial charge in [-0.05, 0) is 68.7 Å². The van der Waals surface area contributed by atoms with E-state index in [-0.39, 0.29) is 5.97 Å². The third-order valence-corrected chi connectivity index (χ3v) is 7.30. The number of piperidine rings is 1. The number of anilines is 1. The SMILES string of the molecule is COC(=O)c1ccc2c(c1)[nH]c1nc(Cc3cccc(Br)c3)nc(NCCCN3CCCCC3)c12.O=C(O)C(F)(F)F. The van der Waals surface area contributed by atoms with Gasteiger partial charge in [0, 0.05) is 28.3 Å². The van der Waals surface area contributed by atoms with E-state index < -0.39 is 12.1 Å². The maximum Gasteiger partial charge on any atom is 0.490 e. The van der Waals surface area contributed by atoms with Gasteiger partial charge in [-0.3, -0.25) is 0 Å². The van der Waals surface area contributed by atoms with E-state index in [1.165, 1.54) is 39.5 Å². The molecule has 0 spiro atoms. The zero-order valence-electron chi connectivity index (χ0n) is 22.9. The normalized spacial score (nSPS) is 13.9. The number of hydrogen-bond acceptors (Lipinski definition) is 7. The fourth-order valence-electron chi connectivity index (χ4n) is 4.82. The van der Waals surface area contributed by atoms with Crippen molar-refractivity contribution in [3.63, 3.8) is 0 Å². The standard InChI is InChI=1S/C27H30BrN5O2.C2HF3O2/c1-35-27(34)19-9-10-21-22(17-19)30-26-24(21)25(29-11-6-14-33-12-3-2-4-13-33)31-23(32-26)16-18-7-5-8-20(28)15-18;3-2(4,5)1(6)7/h5,7-10,15,17H,2-4,6,11-14,16H2,1H3,(H2,29,30,31,32);(H,6,7). The number of hydrogen-bond donors (Lipinski definition) is 3. The van der Waals surface area contributed by atoms with Crippen LogP contribution in [0.2, 0.25) is 0 Å². The van der Waals surface area contributed by atoms with Gasteiger partial charge in [-0.15, -0.1) is 0 Å². The average molecular weight is 650 g/mol. The van der Waals surface area contributed by atoms with Gasteiger partial charge in [-0.1, -0.05) is 40.5 Å². The van der Waals surface area contributed by atoms with Crippen LogP contribution in [0.5, 0.6) is 0 Å². The number of nitrogens with one attached hydrogen (secondary N) is 2. The fourth-order valence-corrected chi connectivity index (χ4v) is 5.27. The van der Waals surface area contributed by atoms with Crippen LogP contribution in [0.25, 0.3) is 21.9 Å². The molecule has 2 aromatic carbocycles. The zero-order chi connectivity index (χ0) is 30.3. The Morgan fingerprint density at radius 1 is 1.12 bits per heavy atom. The summed E-state index contributed by atoms with van der Waals surface area (Å²) >= 11 is 3.55. The minimum atomic E-state index is -5.08. The molecule has 0 bridgehead atoms. The topological polar surface area (TPSA) is 120 Å². The molecule has 5 rings (SSSR count). The minimum absolute atomic E-state index is 0.358. The number of rotatable bonds is 8. The second kappa shape index (κ2) is 14.0. The van der Waals surface area contributed by atoms with Gasteiger partial charge in [0.2, 0.25) is 0 Å². The van der Waals surface area contributed by atoms with Crippen molar-refractivity contribution in [2.75, 3.05) is 38.6 Å². The van der Waals surface area contributed by atoms with Crippen LogP contribution < -0.4 is 5.32 Å². The van der Waals surface area contributed by atoms with E-state index in [1.807, 2.05) is 24.3 Å². The van der Waals surface area contributed by atoms with E-state index in [4.69, 9.17) is 24.6 Å². The number of ether oxygens (including phenoxy) is 1. The monoisotopic (exact) mass is 649 g/mol. The number of alkyl halides is 3. The highest BCUT2D eigenvalue weighted by atomic mass is 79.9. The highest BCUT2D eigenvalue weighted by molar-refractivity contribution is 9.10. The van der Waals surface area contributed by atoms with Crippen molar-refractivity contribution in [1.29, 1.82) is 0 Å². The third-order valence-electron chi connectivity index (χ3n) is 6.80. The summed E-state index contributed by atoms with van der Waals surface area (Å²) < 4.78 is 37.7. The van der Waals surface area contributed by atoms with Crippen LogP contribution >= 0.6 is 15.9 Å². The Morgan fingerprint density at radius 3 is 2.52 bits per heavy atom. The number of carbonyl (C=O) groups excluding carboxylic acids is 1. The van der Waals surface area contributed by atoms with Crippen LogP contribution in [-0.4, -0.2) is 76.4 Å². The molecule has 3 N–H and O–H groups in total. The quantitative estimate of drug-likeness (QED) is 0.153. The van der Waals surface area contributed by atoms with Crippen LogP contribution in [0.1, 0.15) is 47.4 Å². The van der Waals surface area contributed by atoms with Gasteiger partial charge in [0.25, 0.3) is 0 Å². The summed E-state index contributed by atoms with van der Waals surface area (Å²) in [4.78, 5) is 36.7. The molecule has 1 fully saturated rings. The van der Waals surface area contributed by atoms with Gasteiger partial charge in [0.1, 0.15) is 17.3 Å². The number of aromatic amines is 1. The maximum atomic E-state index is 12.0. The Morgan fingerprint density at radius 2 is 1.86 bits per heavy atom. The number of likely N-dealkylation sites (tertiary alicyclic amines) is 1. The van der Waals surface area contributed by atoms with Crippen LogP contribution in [0.4, 0.5) is 19.0 Å². The second-order valence-corrected chi connectivity index (χ2v) is 10.8. The largest absolute Gasteiger partial charge is 0.490 e. The predicted molar refractivity (Wildman–Crippen MR) is 157 cm³/mol. The molecule has 1 saturated heterocycles. The lowest BCUT2D eigenvalue weighted by molar-refractivity contribution is -0.192. The molecule has 3 heterocycles. The van der Waals surface area contributed by atoms with Crippen molar-refractivity contribution in [2.45, 2.75) is 38.3 Å².